The molecule has 3 nitrogen and oxygen atoms in total. The number of rotatable bonds is 2. The Balaban J connectivity index is 2.12. The van der Waals surface area contributed by atoms with Crippen LogP contribution < -0.4 is 5.32 Å². The lowest BCUT2D eigenvalue weighted by Gasteiger charge is -2.28. The summed E-state index contributed by atoms with van der Waals surface area (Å²) < 4.78 is 13.0. The molecule has 2 N–H and O–H groups in total. The van der Waals surface area contributed by atoms with E-state index in [0.717, 1.165) is 11.3 Å². The van der Waals surface area contributed by atoms with Crippen LogP contribution in [0.4, 0.5) is 4.39 Å². The van der Waals surface area contributed by atoms with Gasteiger partial charge in [-0.1, -0.05) is 12.1 Å². The van der Waals surface area contributed by atoms with Gasteiger partial charge < -0.3 is 5.11 Å². The van der Waals surface area contributed by atoms with Gasteiger partial charge in [0.2, 0.25) is 0 Å². The maximum atomic E-state index is 13.0. The zero-order valence-electron chi connectivity index (χ0n) is 8.52. The summed E-state index contributed by atoms with van der Waals surface area (Å²) in [5.41, 5.74) is 0.804. The summed E-state index contributed by atoms with van der Waals surface area (Å²) in [5.74, 6) is 0.185. The van der Waals surface area contributed by atoms with E-state index >= 15 is 0 Å². The SMILES string of the molecule is O=C(O)C1CSCC(c2cccc(F)c2)N1. The van der Waals surface area contributed by atoms with Crippen LogP contribution in [0.3, 0.4) is 0 Å². The van der Waals surface area contributed by atoms with Gasteiger partial charge in [0.25, 0.3) is 0 Å². The fourth-order valence-corrected chi connectivity index (χ4v) is 2.84. The third-order valence-electron chi connectivity index (χ3n) is 2.52. The van der Waals surface area contributed by atoms with Crippen LogP contribution in [0.15, 0.2) is 24.3 Å². The molecule has 0 saturated carbocycles. The molecule has 0 bridgehead atoms. The summed E-state index contributed by atoms with van der Waals surface area (Å²) in [6.45, 7) is 0. The third-order valence-corrected chi connectivity index (χ3v) is 3.66. The van der Waals surface area contributed by atoms with Crippen LogP contribution in [-0.4, -0.2) is 28.6 Å². The molecule has 5 heteroatoms. The number of hydrogen-bond acceptors (Lipinski definition) is 3. The summed E-state index contributed by atoms with van der Waals surface area (Å²) in [5, 5.41) is 11.9. The molecule has 1 heterocycles. The van der Waals surface area contributed by atoms with Crippen molar-refractivity contribution in [3.63, 3.8) is 0 Å². The molecule has 2 rings (SSSR count). The lowest BCUT2D eigenvalue weighted by Crippen LogP contribution is -2.45. The van der Waals surface area contributed by atoms with E-state index in [1.165, 1.54) is 12.1 Å². The van der Waals surface area contributed by atoms with Crippen molar-refractivity contribution in [2.24, 2.45) is 0 Å². The van der Waals surface area contributed by atoms with Crippen LogP contribution in [0.1, 0.15) is 11.6 Å². The normalized spacial score (nSPS) is 25.3. The van der Waals surface area contributed by atoms with Crippen LogP contribution in [0.5, 0.6) is 0 Å². The molecule has 1 aliphatic heterocycles. The molecular weight excluding hydrogens is 229 g/mol. The Kier molecular flexibility index (Phi) is 3.46. The van der Waals surface area contributed by atoms with Crippen LogP contribution in [0, 0.1) is 5.82 Å². The number of halogens is 1. The van der Waals surface area contributed by atoms with Crippen molar-refractivity contribution in [1.29, 1.82) is 0 Å². The van der Waals surface area contributed by atoms with E-state index in [1.807, 2.05) is 6.07 Å². The molecule has 1 fully saturated rings. The number of aliphatic carboxylic acids is 1. The topological polar surface area (TPSA) is 49.3 Å². The Morgan fingerprint density at radius 3 is 3.00 bits per heavy atom. The van der Waals surface area contributed by atoms with E-state index in [2.05, 4.69) is 5.32 Å². The molecule has 0 spiro atoms. The van der Waals surface area contributed by atoms with Gasteiger partial charge in [0.05, 0.1) is 0 Å². The molecule has 2 unspecified atom stereocenters. The molecule has 1 aliphatic rings. The number of carbonyl (C=O) groups is 1. The molecule has 0 radical (unpaired) electrons. The Hall–Kier alpha value is -1.07. The van der Waals surface area contributed by atoms with Crippen molar-refractivity contribution >= 4 is 17.7 Å². The Morgan fingerprint density at radius 2 is 2.31 bits per heavy atom. The maximum Gasteiger partial charge on any atom is 0.321 e. The first-order valence-corrected chi connectivity index (χ1v) is 6.14. The van der Waals surface area contributed by atoms with E-state index in [1.54, 1.807) is 17.8 Å². The van der Waals surface area contributed by atoms with E-state index < -0.39 is 12.0 Å². The minimum atomic E-state index is -0.853. The Morgan fingerprint density at radius 1 is 1.50 bits per heavy atom. The zero-order chi connectivity index (χ0) is 11.5. The zero-order valence-corrected chi connectivity index (χ0v) is 9.34. The summed E-state index contributed by atoms with van der Waals surface area (Å²) in [6.07, 6.45) is 0. The number of benzene rings is 1. The van der Waals surface area contributed by atoms with Crippen LogP contribution in [0.2, 0.25) is 0 Å². The number of hydrogen-bond donors (Lipinski definition) is 2. The van der Waals surface area contributed by atoms with Gasteiger partial charge >= 0.3 is 5.97 Å². The van der Waals surface area contributed by atoms with Gasteiger partial charge in [0.1, 0.15) is 11.9 Å². The highest BCUT2D eigenvalue weighted by atomic mass is 32.2. The van der Waals surface area contributed by atoms with Crippen molar-refractivity contribution in [3.8, 4) is 0 Å². The van der Waals surface area contributed by atoms with E-state index in [4.69, 9.17) is 5.11 Å². The van der Waals surface area contributed by atoms with Gasteiger partial charge in [-0.15, -0.1) is 0 Å². The minimum absolute atomic E-state index is 0.0875. The van der Waals surface area contributed by atoms with Crippen LogP contribution in [-0.2, 0) is 4.79 Å². The molecule has 1 aromatic rings. The molecule has 0 aromatic heterocycles. The largest absolute Gasteiger partial charge is 0.480 e. The smallest absolute Gasteiger partial charge is 0.321 e. The molecule has 0 aliphatic carbocycles. The van der Waals surface area contributed by atoms with Gasteiger partial charge in [-0.25, -0.2) is 4.39 Å². The second kappa shape index (κ2) is 4.84. The fourth-order valence-electron chi connectivity index (χ4n) is 1.70. The highest BCUT2D eigenvalue weighted by Gasteiger charge is 2.27. The number of thioether (sulfide) groups is 1. The summed E-state index contributed by atoms with van der Waals surface area (Å²) in [6, 6.07) is 5.64. The first kappa shape index (κ1) is 11.4. The van der Waals surface area contributed by atoms with Gasteiger partial charge in [0.15, 0.2) is 0 Å². The summed E-state index contributed by atoms with van der Waals surface area (Å²) in [4.78, 5) is 10.8. The molecule has 0 amide bonds. The van der Waals surface area contributed by atoms with Gasteiger partial charge in [-0.2, -0.15) is 11.8 Å². The minimum Gasteiger partial charge on any atom is -0.480 e. The average molecular weight is 241 g/mol. The molecule has 1 aromatic carbocycles. The second-order valence-corrected chi connectivity index (χ2v) is 4.78. The molecular formula is C11H12FNO2S. The van der Waals surface area contributed by atoms with Crippen molar-refractivity contribution in [2.75, 3.05) is 11.5 Å². The van der Waals surface area contributed by atoms with Crippen molar-refractivity contribution < 1.29 is 14.3 Å². The first-order valence-electron chi connectivity index (χ1n) is 4.99. The first-order chi connectivity index (χ1) is 7.66. The maximum absolute atomic E-state index is 13.0. The molecule has 2 atom stereocenters. The number of carboxylic acid groups (broad SMARTS) is 1. The van der Waals surface area contributed by atoms with Gasteiger partial charge in [0, 0.05) is 17.5 Å². The Labute approximate surface area is 97.0 Å². The number of nitrogens with one attached hydrogen (secondary N) is 1. The third kappa shape index (κ3) is 2.54. The standard InChI is InChI=1S/C11H12FNO2S/c12-8-3-1-2-7(4-8)9-5-16-6-10(13-9)11(14)15/h1-4,9-10,13H,5-6H2,(H,14,15). The predicted octanol–water partition coefficient (Wildman–Crippen LogP) is 1.66. The van der Waals surface area contributed by atoms with E-state index in [-0.39, 0.29) is 11.9 Å². The highest BCUT2D eigenvalue weighted by Crippen LogP contribution is 2.24. The monoisotopic (exact) mass is 241 g/mol. The van der Waals surface area contributed by atoms with Gasteiger partial charge in [-0.3, -0.25) is 10.1 Å². The average Bonchev–Trinajstić information content (AvgIpc) is 2.29. The second-order valence-electron chi connectivity index (χ2n) is 3.70. The summed E-state index contributed by atoms with van der Waals surface area (Å²) in [7, 11) is 0. The Bertz CT molecular complexity index is 399. The van der Waals surface area contributed by atoms with Crippen LogP contribution >= 0.6 is 11.8 Å². The molecule has 1 saturated heterocycles. The van der Waals surface area contributed by atoms with Gasteiger partial charge in [-0.05, 0) is 17.7 Å². The fraction of sp³-hybridized carbons (Fsp3) is 0.364. The van der Waals surface area contributed by atoms with Crippen molar-refractivity contribution in [3.05, 3.63) is 35.6 Å². The predicted molar refractivity (Wildman–Crippen MR) is 61.0 cm³/mol. The quantitative estimate of drug-likeness (QED) is 0.826. The lowest BCUT2D eigenvalue weighted by atomic mass is 10.1. The number of carboxylic acids is 1. The highest BCUT2D eigenvalue weighted by molar-refractivity contribution is 7.99. The lowest BCUT2D eigenvalue weighted by molar-refractivity contribution is -0.139. The van der Waals surface area contributed by atoms with E-state index in [9.17, 15) is 9.18 Å². The van der Waals surface area contributed by atoms with Crippen molar-refractivity contribution in [1.82, 2.24) is 5.32 Å². The van der Waals surface area contributed by atoms with E-state index in [0.29, 0.717) is 5.75 Å². The summed E-state index contributed by atoms with van der Waals surface area (Å²) >= 11 is 1.57. The molecule has 16 heavy (non-hydrogen) atoms. The van der Waals surface area contributed by atoms with Crippen molar-refractivity contribution in [2.45, 2.75) is 12.1 Å². The van der Waals surface area contributed by atoms with Crippen LogP contribution in [0.25, 0.3) is 0 Å². The molecule has 86 valence electrons.